The number of piperidine rings is 1. The van der Waals surface area contributed by atoms with Gasteiger partial charge in [-0.25, -0.2) is 0 Å². The van der Waals surface area contributed by atoms with E-state index in [2.05, 4.69) is 24.9 Å². The van der Waals surface area contributed by atoms with Gasteiger partial charge < -0.3 is 14.7 Å². The highest BCUT2D eigenvalue weighted by Gasteiger charge is 2.64. The van der Waals surface area contributed by atoms with E-state index in [9.17, 15) is 5.11 Å². The first-order valence-electron chi connectivity index (χ1n) is 8.79. The summed E-state index contributed by atoms with van der Waals surface area (Å²) in [4.78, 5) is 2.52. The topological polar surface area (TPSA) is 32.7 Å². The fraction of sp³-hybridized carbons (Fsp3) is 0.684. The fourth-order valence-corrected chi connectivity index (χ4v) is 5.74. The second-order valence-electron chi connectivity index (χ2n) is 7.40. The molecule has 1 aromatic rings. The average Bonchev–Trinajstić information content (AvgIpc) is 2.52. The summed E-state index contributed by atoms with van der Waals surface area (Å²) in [6.45, 7) is 4.04. The summed E-state index contributed by atoms with van der Waals surface area (Å²) in [7, 11) is 2.26. The van der Waals surface area contributed by atoms with Gasteiger partial charge in [0.15, 0.2) is 0 Å². The smallest absolute Gasteiger partial charge is 0.115 e. The molecule has 120 valence electrons. The van der Waals surface area contributed by atoms with Crippen LogP contribution in [0.4, 0.5) is 0 Å². The molecule has 0 spiro atoms. The molecule has 0 unspecified atom stereocenters. The summed E-state index contributed by atoms with van der Waals surface area (Å²) in [5.74, 6) is 0.404. The molecule has 4 rings (SSSR count). The van der Waals surface area contributed by atoms with Crippen LogP contribution in [0.5, 0.6) is 5.75 Å². The Morgan fingerprint density at radius 1 is 1.27 bits per heavy atom. The van der Waals surface area contributed by atoms with E-state index in [1.807, 2.05) is 12.1 Å². The van der Waals surface area contributed by atoms with Gasteiger partial charge >= 0.3 is 0 Å². The summed E-state index contributed by atoms with van der Waals surface area (Å²) < 4.78 is 6.58. The third-order valence-electron chi connectivity index (χ3n) is 6.60. The zero-order valence-corrected chi connectivity index (χ0v) is 13.8. The first-order chi connectivity index (χ1) is 10.6. The van der Waals surface area contributed by atoms with Crippen LogP contribution in [0, 0.1) is 0 Å². The molecule has 3 heteroatoms. The number of ether oxygens (including phenoxy) is 1. The second-order valence-corrected chi connectivity index (χ2v) is 7.40. The Hall–Kier alpha value is -1.06. The number of benzene rings is 1. The molecule has 1 N–H and O–H groups in total. The molecule has 3 atom stereocenters. The highest BCUT2D eigenvalue weighted by Crippen LogP contribution is 2.59. The summed E-state index contributed by atoms with van der Waals surface area (Å²) in [5.41, 5.74) is 2.84. The fourth-order valence-electron chi connectivity index (χ4n) is 5.74. The predicted octanol–water partition coefficient (Wildman–Crippen LogP) is 3.24. The Bertz CT molecular complexity index is 583. The lowest BCUT2D eigenvalue weighted by atomic mass is 9.49. The highest BCUT2D eigenvalue weighted by atomic mass is 16.5. The molecule has 22 heavy (non-hydrogen) atoms. The van der Waals surface area contributed by atoms with Crippen LogP contribution < -0.4 is 0 Å². The van der Waals surface area contributed by atoms with Crippen LogP contribution in [0.2, 0.25) is 0 Å². The van der Waals surface area contributed by atoms with E-state index in [0.717, 1.165) is 32.4 Å². The van der Waals surface area contributed by atoms with Crippen molar-refractivity contribution in [3.63, 3.8) is 0 Å². The van der Waals surface area contributed by atoms with E-state index >= 15 is 0 Å². The van der Waals surface area contributed by atoms with Gasteiger partial charge in [0, 0.05) is 18.1 Å². The maximum absolute atomic E-state index is 10.1. The number of nitrogens with zero attached hydrogens (tertiary/aromatic N) is 1. The minimum Gasteiger partial charge on any atom is -0.508 e. The number of phenolic OH excluding ortho intramolecular Hbond substituents is 1. The zero-order chi connectivity index (χ0) is 15.4. The zero-order valence-electron chi connectivity index (χ0n) is 13.8. The average molecular weight is 301 g/mol. The molecule has 0 radical (unpaired) electrons. The lowest BCUT2D eigenvalue weighted by Gasteiger charge is -2.65. The lowest BCUT2D eigenvalue weighted by Crippen LogP contribution is -2.72. The minimum atomic E-state index is -0.0617. The quantitative estimate of drug-likeness (QED) is 0.910. The summed E-state index contributed by atoms with van der Waals surface area (Å²) >= 11 is 0. The number of phenols is 1. The van der Waals surface area contributed by atoms with Gasteiger partial charge in [-0.3, -0.25) is 0 Å². The van der Waals surface area contributed by atoms with Crippen molar-refractivity contribution in [3.05, 3.63) is 29.3 Å². The molecule has 1 aromatic carbocycles. The van der Waals surface area contributed by atoms with Gasteiger partial charge in [-0.2, -0.15) is 0 Å². The van der Waals surface area contributed by atoms with Crippen LogP contribution in [0.25, 0.3) is 0 Å². The van der Waals surface area contributed by atoms with Crippen LogP contribution in [0.1, 0.15) is 50.2 Å². The molecule has 1 saturated carbocycles. The predicted molar refractivity (Wildman–Crippen MR) is 87.3 cm³/mol. The van der Waals surface area contributed by atoms with Gasteiger partial charge in [0.2, 0.25) is 0 Å². The van der Waals surface area contributed by atoms with Gasteiger partial charge in [0.1, 0.15) is 5.75 Å². The van der Waals surface area contributed by atoms with Gasteiger partial charge in [0.25, 0.3) is 0 Å². The number of likely N-dealkylation sites (N-methyl/N-ethyl adjacent to an activating group) is 1. The number of fused-ring (bicyclic) bond motifs is 1. The highest BCUT2D eigenvalue weighted by molar-refractivity contribution is 5.48. The van der Waals surface area contributed by atoms with Crippen LogP contribution in [0.15, 0.2) is 18.2 Å². The van der Waals surface area contributed by atoms with Crippen molar-refractivity contribution >= 4 is 0 Å². The standard InChI is InChI=1S/C19H27NO2/c1-3-22-19-9-5-4-8-18(19)10-11-20(2)17(19)12-14-6-7-15(21)13-16(14)18/h6-7,13,17,21H,3-5,8-12H2,1-2H3/t17-,18+,19-/m1/s1. The van der Waals surface area contributed by atoms with E-state index in [4.69, 9.17) is 4.74 Å². The van der Waals surface area contributed by atoms with E-state index in [0.29, 0.717) is 11.8 Å². The largest absolute Gasteiger partial charge is 0.508 e. The second kappa shape index (κ2) is 4.97. The van der Waals surface area contributed by atoms with Crippen molar-refractivity contribution in [1.29, 1.82) is 0 Å². The Morgan fingerprint density at radius 2 is 2.09 bits per heavy atom. The summed E-state index contributed by atoms with van der Waals surface area (Å²) in [6, 6.07) is 6.50. The number of hydrogen-bond acceptors (Lipinski definition) is 3. The number of likely N-dealkylation sites (tertiary alicyclic amines) is 1. The molecule has 1 heterocycles. The Balaban J connectivity index is 1.95. The van der Waals surface area contributed by atoms with Gasteiger partial charge in [-0.15, -0.1) is 0 Å². The number of rotatable bonds is 2. The van der Waals surface area contributed by atoms with Gasteiger partial charge in [-0.05, 0) is 69.5 Å². The monoisotopic (exact) mass is 301 g/mol. The van der Waals surface area contributed by atoms with E-state index in [-0.39, 0.29) is 11.0 Å². The third kappa shape index (κ3) is 1.70. The van der Waals surface area contributed by atoms with Crippen LogP contribution in [-0.2, 0) is 16.6 Å². The number of hydrogen-bond donors (Lipinski definition) is 1. The molecule has 3 aliphatic rings. The van der Waals surface area contributed by atoms with E-state index in [1.165, 1.54) is 30.4 Å². The Labute approximate surface area is 133 Å². The normalized spacial score (nSPS) is 37.5. The van der Waals surface area contributed by atoms with Crippen molar-refractivity contribution in [3.8, 4) is 5.75 Å². The SMILES string of the molecule is CCO[C@@]12CCCC[C@@]13CCN(C)[C@@H]2Cc1ccc(O)cc13. The van der Waals surface area contributed by atoms with Crippen LogP contribution in [0.3, 0.4) is 0 Å². The molecule has 1 saturated heterocycles. The van der Waals surface area contributed by atoms with Crippen LogP contribution in [-0.4, -0.2) is 41.8 Å². The molecule has 2 fully saturated rings. The third-order valence-corrected chi connectivity index (χ3v) is 6.60. The van der Waals surface area contributed by atoms with Crippen molar-refractivity contribution in [2.45, 2.75) is 62.5 Å². The van der Waals surface area contributed by atoms with Crippen molar-refractivity contribution in [1.82, 2.24) is 4.90 Å². The summed E-state index contributed by atoms with van der Waals surface area (Å²) in [5, 5.41) is 10.1. The van der Waals surface area contributed by atoms with Gasteiger partial charge in [-0.1, -0.05) is 18.9 Å². The van der Waals surface area contributed by atoms with E-state index in [1.54, 1.807) is 0 Å². The van der Waals surface area contributed by atoms with Crippen molar-refractivity contribution in [2.24, 2.45) is 0 Å². The lowest BCUT2D eigenvalue weighted by molar-refractivity contribution is -0.193. The first-order valence-corrected chi connectivity index (χ1v) is 8.79. The maximum atomic E-state index is 10.1. The van der Waals surface area contributed by atoms with Crippen molar-refractivity contribution < 1.29 is 9.84 Å². The Morgan fingerprint density at radius 3 is 2.91 bits per heavy atom. The maximum Gasteiger partial charge on any atom is 0.115 e. The van der Waals surface area contributed by atoms with Crippen LogP contribution >= 0.6 is 0 Å². The molecule has 3 nitrogen and oxygen atoms in total. The molecule has 0 aromatic heterocycles. The molecular weight excluding hydrogens is 274 g/mol. The number of aromatic hydroxyl groups is 1. The minimum absolute atomic E-state index is 0.0617. The molecular formula is C19H27NO2. The molecule has 1 aliphatic heterocycles. The molecule has 0 amide bonds. The molecule has 2 bridgehead atoms. The Kier molecular flexibility index (Phi) is 3.28. The van der Waals surface area contributed by atoms with Crippen molar-refractivity contribution in [2.75, 3.05) is 20.2 Å². The van der Waals surface area contributed by atoms with E-state index < -0.39 is 0 Å². The van der Waals surface area contributed by atoms with Gasteiger partial charge in [0.05, 0.1) is 5.60 Å². The first kappa shape index (κ1) is 14.5. The molecule has 2 aliphatic carbocycles. The summed E-state index contributed by atoms with van der Waals surface area (Å²) in [6.07, 6.45) is 7.10.